The van der Waals surface area contributed by atoms with Crippen LogP contribution in [0.2, 0.25) is 0 Å². The van der Waals surface area contributed by atoms with Gasteiger partial charge in [0, 0.05) is 25.8 Å². The summed E-state index contributed by atoms with van der Waals surface area (Å²) in [5.41, 5.74) is -0.860. The van der Waals surface area contributed by atoms with Crippen molar-refractivity contribution in [2.45, 2.75) is 135 Å². The molecule has 0 saturated heterocycles. The zero-order valence-corrected chi connectivity index (χ0v) is 38.0. The summed E-state index contributed by atoms with van der Waals surface area (Å²) in [5, 5.41) is 27.4. The number of aromatic hydroxyl groups is 1. The maximum atomic E-state index is 15.3. The Hall–Kier alpha value is -6.16. The number of imidazole rings is 1. The molecule has 1 atom stereocenters. The highest BCUT2D eigenvalue weighted by Gasteiger charge is 2.37. The van der Waals surface area contributed by atoms with Crippen molar-refractivity contribution < 1.29 is 33.8 Å². The molecule has 16 heteroatoms. The predicted molar refractivity (Wildman–Crippen MR) is 250 cm³/mol. The van der Waals surface area contributed by atoms with E-state index in [-0.39, 0.29) is 67.4 Å². The summed E-state index contributed by atoms with van der Waals surface area (Å²) in [6, 6.07) is 16.8. The number of rotatable bonds is 26. The van der Waals surface area contributed by atoms with Crippen molar-refractivity contribution in [1.82, 2.24) is 18.7 Å². The van der Waals surface area contributed by atoms with Crippen LogP contribution in [0.15, 0.2) is 76.3 Å². The fourth-order valence-electron chi connectivity index (χ4n) is 8.46. The van der Waals surface area contributed by atoms with Gasteiger partial charge in [-0.25, -0.2) is 14.3 Å². The van der Waals surface area contributed by atoms with Gasteiger partial charge in [0.25, 0.3) is 23.2 Å². The Kier molecular flexibility index (Phi) is 18.0. The van der Waals surface area contributed by atoms with Crippen LogP contribution in [0.1, 0.15) is 128 Å². The molecule has 3 aromatic carbocycles. The van der Waals surface area contributed by atoms with Crippen LogP contribution < -0.4 is 30.8 Å². The third kappa shape index (κ3) is 12.4. The van der Waals surface area contributed by atoms with Crippen LogP contribution in [-0.4, -0.2) is 67.7 Å². The number of nitro benzene ring substituents is 1. The maximum Gasteiger partial charge on any atom is 0.335 e. The van der Waals surface area contributed by atoms with E-state index in [1.54, 1.807) is 31.2 Å². The van der Waals surface area contributed by atoms with Crippen LogP contribution in [0.25, 0.3) is 10.9 Å². The molecular formula is C49H64N6O10. The van der Waals surface area contributed by atoms with Crippen LogP contribution >= 0.6 is 0 Å². The van der Waals surface area contributed by atoms with Crippen molar-refractivity contribution in [2.75, 3.05) is 32.2 Å². The molecule has 1 saturated carbocycles. The van der Waals surface area contributed by atoms with E-state index in [2.05, 4.69) is 12.2 Å². The normalized spacial score (nSPS) is 13.5. The zero-order chi connectivity index (χ0) is 46.1. The largest absolute Gasteiger partial charge is 0.491 e. The Labute approximate surface area is 379 Å². The van der Waals surface area contributed by atoms with Gasteiger partial charge in [0.05, 0.1) is 47.4 Å². The first-order valence-corrected chi connectivity index (χ1v) is 23.3. The molecule has 6 rings (SSSR count). The first-order chi connectivity index (χ1) is 31.7. The number of nitro groups is 1. The number of carbonyl (C=O) groups excluding carboxylic acids is 1. The standard InChI is InChI=1S/C49H64N6O10/c1-4-6-7-8-9-10-11-12-13-22-29-52-44(50-39-33-42(64-31-30-62-3)40(55(60)61)32-37(39)46(52)57)43(45(56)51-38-27-20-21-28-41(38)65-36-25-18-15-19-26-36)54-47(58)48(63-5-2)53(49(54)59)34-35-23-16-14-17-24-35/h14,16-17,20-21,23-24,27-28,32-33,36,43,58H,4-13,15,18-19,22,25-26,29-31,34H2,1-3H3,(H,51,56). The predicted octanol–water partition coefficient (Wildman–Crippen LogP) is 9.31. The van der Waals surface area contributed by atoms with Crippen molar-refractivity contribution in [3.63, 3.8) is 0 Å². The number of nitrogens with zero attached hydrogens (tertiary/aromatic N) is 5. The van der Waals surface area contributed by atoms with E-state index >= 15 is 4.79 Å². The van der Waals surface area contributed by atoms with E-state index in [0.717, 1.165) is 80.4 Å². The lowest BCUT2D eigenvalue weighted by molar-refractivity contribution is -0.385. The van der Waals surface area contributed by atoms with Gasteiger partial charge in [-0.15, -0.1) is 0 Å². The number of para-hydroxylation sites is 2. The zero-order valence-electron chi connectivity index (χ0n) is 38.0. The van der Waals surface area contributed by atoms with Crippen molar-refractivity contribution in [3.05, 3.63) is 109 Å². The van der Waals surface area contributed by atoms with Crippen LogP contribution in [0, 0.1) is 10.1 Å². The van der Waals surface area contributed by atoms with Crippen LogP contribution in [0.4, 0.5) is 11.4 Å². The van der Waals surface area contributed by atoms with Gasteiger partial charge in [0.1, 0.15) is 18.2 Å². The third-order valence-corrected chi connectivity index (χ3v) is 11.8. The first-order valence-electron chi connectivity index (χ1n) is 23.3. The molecule has 0 radical (unpaired) electrons. The molecule has 65 heavy (non-hydrogen) atoms. The summed E-state index contributed by atoms with van der Waals surface area (Å²) in [6.45, 7) is 4.15. The highest BCUT2D eigenvalue weighted by Crippen LogP contribution is 2.36. The van der Waals surface area contributed by atoms with Crippen molar-refractivity contribution in [2.24, 2.45) is 0 Å². The topological polar surface area (TPSA) is 191 Å². The Morgan fingerprint density at radius 1 is 0.862 bits per heavy atom. The van der Waals surface area contributed by atoms with Gasteiger partial charge >= 0.3 is 11.4 Å². The summed E-state index contributed by atoms with van der Waals surface area (Å²) < 4.78 is 26.7. The summed E-state index contributed by atoms with van der Waals surface area (Å²) in [6.07, 6.45) is 15.1. The summed E-state index contributed by atoms with van der Waals surface area (Å²) in [5.74, 6) is -1.52. The molecule has 0 spiro atoms. The number of hydrogen-bond donors (Lipinski definition) is 2. The van der Waals surface area contributed by atoms with Crippen LogP contribution in [0.3, 0.4) is 0 Å². The van der Waals surface area contributed by atoms with E-state index in [1.165, 1.54) is 48.0 Å². The molecule has 1 unspecified atom stereocenters. The van der Waals surface area contributed by atoms with E-state index in [1.807, 2.05) is 30.3 Å². The fourth-order valence-corrected chi connectivity index (χ4v) is 8.46. The van der Waals surface area contributed by atoms with Gasteiger partial charge in [0.2, 0.25) is 0 Å². The minimum absolute atomic E-state index is 0.00956. The van der Waals surface area contributed by atoms with E-state index in [4.69, 9.17) is 23.9 Å². The highest BCUT2D eigenvalue weighted by molar-refractivity contribution is 5.97. The Balaban J connectivity index is 1.51. The lowest BCUT2D eigenvalue weighted by Crippen LogP contribution is -2.39. The molecule has 350 valence electrons. The quantitative estimate of drug-likeness (QED) is 0.0305. The number of anilines is 1. The highest BCUT2D eigenvalue weighted by atomic mass is 16.6. The molecule has 16 nitrogen and oxygen atoms in total. The summed E-state index contributed by atoms with van der Waals surface area (Å²) in [7, 11) is 1.47. The molecule has 0 aliphatic heterocycles. The smallest absolute Gasteiger partial charge is 0.335 e. The number of hydrogen-bond acceptors (Lipinski definition) is 11. The van der Waals surface area contributed by atoms with Gasteiger partial charge in [-0.05, 0) is 56.7 Å². The van der Waals surface area contributed by atoms with Crippen molar-refractivity contribution in [1.29, 1.82) is 0 Å². The van der Waals surface area contributed by atoms with Crippen LogP contribution in [0.5, 0.6) is 23.3 Å². The van der Waals surface area contributed by atoms with Crippen molar-refractivity contribution in [3.8, 4) is 23.3 Å². The third-order valence-electron chi connectivity index (χ3n) is 11.8. The minimum Gasteiger partial charge on any atom is -0.491 e. The van der Waals surface area contributed by atoms with E-state index in [9.17, 15) is 24.8 Å². The van der Waals surface area contributed by atoms with Gasteiger partial charge in [0.15, 0.2) is 11.8 Å². The van der Waals surface area contributed by atoms with Crippen molar-refractivity contribution >= 4 is 28.2 Å². The molecule has 1 aliphatic carbocycles. The number of nitrogens with one attached hydrogen (secondary N) is 1. The molecule has 2 N–H and O–H groups in total. The van der Waals surface area contributed by atoms with Crippen LogP contribution in [-0.2, 0) is 22.6 Å². The number of fused-ring (bicyclic) bond motifs is 1. The molecule has 1 amide bonds. The average molecular weight is 897 g/mol. The van der Waals surface area contributed by atoms with Gasteiger partial charge in [-0.3, -0.25) is 28.8 Å². The van der Waals surface area contributed by atoms with E-state index < -0.39 is 39.7 Å². The summed E-state index contributed by atoms with van der Waals surface area (Å²) in [4.78, 5) is 61.6. The van der Waals surface area contributed by atoms with Gasteiger partial charge < -0.3 is 29.4 Å². The second-order valence-electron chi connectivity index (χ2n) is 16.6. The number of methoxy groups -OCH3 is 1. The fraction of sp³-hybridized carbons (Fsp3) is 0.510. The molecule has 5 aromatic rings. The molecule has 1 fully saturated rings. The number of carbonyl (C=O) groups is 1. The van der Waals surface area contributed by atoms with Gasteiger partial charge in [-0.1, -0.05) is 114 Å². The Bertz CT molecular complexity index is 2460. The maximum absolute atomic E-state index is 15.3. The number of amides is 1. The second kappa shape index (κ2) is 24.2. The molecule has 1 aliphatic rings. The van der Waals surface area contributed by atoms with Gasteiger partial charge in [-0.2, -0.15) is 0 Å². The second-order valence-corrected chi connectivity index (χ2v) is 16.6. The molecule has 0 bridgehead atoms. The number of unbranched alkanes of at least 4 members (excludes halogenated alkanes) is 9. The van der Waals surface area contributed by atoms with E-state index in [0.29, 0.717) is 17.9 Å². The molecular weight excluding hydrogens is 833 g/mol. The lowest BCUT2D eigenvalue weighted by Gasteiger charge is -2.25. The number of aromatic nitrogens is 4. The average Bonchev–Trinajstić information content (AvgIpc) is 3.52. The first kappa shape index (κ1) is 48.3. The number of benzene rings is 3. The Morgan fingerprint density at radius 3 is 2.22 bits per heavy atom. The minimum atomic E-state index is -1.77. The number of ether oxygens (including phenoxy) is 4. The molecule has 2 aromatic heterocycles. The molecule has 2 heterocycles. The Morgan fingerprint density at radius 2 is 1.54 bits per heavy atom. The lowest BCUT2D eigenvalue weighted by atomic mass is 9.98. The summed E-state index contributed by atoms with van der Waals surface area (Å²) >= 11 is 0. The SMILES string of the molecule is CCCCCCCCCCCCn1c(C(C(=O)Nc2ccccc2OC2CCCCC2)n2c(O)c(OCC)n(Cc3ccccc3)c2=O)nc2cc(OCCOC)c([N+](=O)[O-])cc2c1=O. The monoisotopic (exact) mass is 896 g/mol.